The first kappa shape index (κ1) is 11.2. The summed E-state index contributed by atoms with van der Waals surface area (Å²) in [5, 5.41) is 4.30. The summed E-state index contributed by atoms with van der Waals surface area (Å²) in [5.41, 5.74) is 5.09. The first-order valence-corrected chi connectivity index (χ1v) is 3.46. The zero-order chi connectivity index (χ0) is 10.4. The van der Waals surface area contributed by atoms with Gasteiger partial charge in [0.1, 0.15) is 0 Å². The van der Waals surface area contributed by atoms with Crippen LogP contribution in [0.2, 0.25) is 0 Å². The second-order valence-electron chi connectivity index (χ2n) is 2.38. The van der Waals surface area contributed by atoms with Crippen LogP contribution in [0.3, 0.4) is 0 Å². The molecule has 6 nitrogen and oxygen atoms in total. The van der Waals surface area contributed by atoms with E-state index < -0.39 is 11.9 Å². The number of carbonyl (C=O) groups excluding carboxylic acids is 3. The van der Waals surface area contributed by atoms with Crippen molar-refractivity contribution in [1.82, 2.24) is 10.6 Å². The third-order valence-electron chi connectivity index (χ3n) is 1.08. The zero-order valence-electron chi connectivity index (χ0n) is 7.22. The lowest BCUT2D eigenvalue weighted by molar-refractivity contribution is -0.117. The van der Waals surface area contributed by atoms with Gasteiger partial charge in [-0.05, 0) is 6.92 Å². The van der Waals surface area contributed by atoms with Gasteiger partial charge in [0.25, 0.3) is 0 Å². The van der Waals surface area contributed by atoms with Crippen LogP contribution in [0, 0.1) is 0 Å². The molecule has 0 saturated carbocycles. The van der Waals surface area contributed by atoms with E-state index in [4.69, 9.17) is 5.73 Å². The van der Waals surface area contributed by atoms with E-state index in [1.54, 1.807) is 6.92 Å². The molecular formula is C7H11N3O3. The zero-order valence-corrected chi connectivity index (χ0v) is 7.22. The Hall–Kier alpha value is -1.85. The summed E-state index contributed by atoms with van der Waals surface area (Å²) in [5.74, 6) is -0.694. The van der Waals surface area contributed by atoms with E-state index in [2.05, 4.69) is 11.9 Å². The van der Waals surface area contributed by atoms with Gasteiger partial charge in [-0.3, -0.25) is 14.9 Å². The van der Waals surface area contributed by atoms with Crippen molar-refractivity contribution in [1.29, 1.82) is 0 Å². The molecule has 0 spiro atoms. The van der Waals surface area contributed by atoms with Gasteiger partial charge >= 0.3 is 6.03 Å². The standard InChI is InChI=1S/C4H7NO.C3H4N2O2/c1-3(2)4(5)6;6-2-1-4-3(7)5-2/h1H2,2H3,(H2,5,6);1H2,(H2,4,5,6,7). The molecule has 0 bridgehead atoms. The van der Waals surface area contributed by atoms with E-state index in [1.807, 2.05) is 5.32 Å². The van der Waals surface area contributed by atoms with Crippen LogP contribution in [-0.2, 0) is 9.59 Å². The molecule has 1 aliphatic rings. The maximum Gasteiger partial charge on any atom is 0.321 e. The summed E-state index contributed by atoms with van der Waals surface area (Å²) in [4.78, 5) is 29.9. The molecule has 0 unspecified atom stereocenters. The van der Waals surface area contributed by atoms with Crippen LogP contribution in [0.5, 0.6) is 0 Å². The fourth-order valence-corrected chi connectivity index (χ4v) is 0.376. The number of carbonyl (C=O) groups is 3. The Morgan fingerprint density at radius 1 is 1.54 bits per heavy atom. The molecule has 0 aromatic rings. The lowest BCUT2D eigenvalue weighted by atomic mass is 10.3. The molecule has 0 aliphatic carbocycles. The van der Waals surface area contributed by atoms with E-state index >= 15 is 0 Å². The van der Waals surface area contributed by atoms with Crippen molar-refractivity contribution in [3.63, 3.8) is 0 Å². The molecule has 1 fully saturated rings. The highest BCUT2D eigenvalue weighted by molar-refractivity contribution is 6.01. The number of hydrogen-bond acceptors (Lipinski definition) is 3. The number of imide groups is 1. The van der Waals surface area contributed by atoms with Gasteiger partial charge in [-0.25, -0.2) is 4.79 Å². The number of amides is 4. The van der Waals surface area contributed by atoms with Gasteiger partial charge in [0.05, 0.1) is 6.54 Å². The van der Waals surface area contributed by atoms with Gasteiger partial charge < -0.3 is 11.1 Å². The van der Waals surface area contributed by atoms with E-state index in [0.29, 0.717) is 5.57 Å². The third-order valence-corrected chi connectivity index (χ3v) is 1.08. The van der Waals surface area contributed by atoms with Gasteiger partial charge in [-0.15, -0.1) is 0 Å². The van der Waals surface area contributed by atoms with Crippen molar-refractivity contribution in [3.05, 3.63) is 12.2 Å². The quantitative estimate of drug-likeness (QED) is 0.356. The summed E-state index contributed by atoms with van der Waals surface area (Å²) in [6.07, 6.45) is 0. The Morgan fingerprint density at radius 3 is 2.08 bits per heavy atom. The Morgan fingerprint density at radius 2 is 2.00 bits per heavy atom. The van der Waals surface area contributed by atoms with Crippen LogP contribution in [0.15, 0.2) is 12.2 Å². The smallest absolute Gasteiger partial charge is 0.321 e. The Bertz CT molecular complexity index is 234. The summed E-state index contributed by atoms with van der Waals surface area (Å²) in [6, 6.07) is -0.398. The van der Waals surface area contributed by atoms with E-state index in [9.17, 15) is 14.4 Å². The minimum atomic E-state index is -0.435. The fourth-order valence-electron chi connectivity index (χ4n) is 0.376. The second kappa shape index (κ2) is 4.91. The number of hydrogen-bond donors (Lipinski definition) is 3. The second-order valence-corrected chi connectivity index (χ2v) is 2.38. The van der Waals surface area contributed by atoms with Crippen molar-refractivity contribution in [2.45, 2.75) is 6.92 Å². The highest BCUT2D eigenvalue weighted by Crippen LogP contribution is 1.78. The van der Waals surface area contributed by atoms with Crippen LogP contribution in [-0.4, -0.2) is 24.4 Å². The first-order valence-electron chi connectivity index (χ1n) is 3.46. The highest BCUT2D eigenvalue weighted by atomic mass is 16.2. The van der Waals surface area contributed by atoms with Crippen molar-refractivity contribution in [2.24, 2.45) is 5.73 Å². The molecule has 1 heterocycles. The average molecular weight is 185 g/mol. The molecule has 0 aromatic carbocycles. The summed E-state index contributed by atoms with van der Waals surface area (Å²) in [7, 11) is 0. The van der Waals surface area contributed by atoms with Crippen LogP contribution < -0.4 is 16.4 Å². The van der Waals surface area contributed by atoms with Gasteiger partial charge in [-0.1, -0.05) is 6.58 Å². The van der Waals surface area contributed by atoms with Crippen LogP contribution in [0.25, 0.3) is 0 Å². The summed E-state index contributed by atoms with van der Waals surface area (Å²) in [6.45, 7) is 4.98. The highest BCUT2D eigenvalue weighted by Gasteiger charge is 2.14. The first-order chi connectivity index (χ1) is 5.93. The molecule has 0 aromatic heterocycles. The van der Waals surface area contributed by atoms with Crippen LogP contribution in [0.4, 0.5) is 4.79 Å². The minimum absolute atomic E-state index is 0.124. The van der Waals surface area contributed by atoms with Gasteiger partial charge in [0.15, 0.2) is 0 Å². The molecule has 0 radical (unpaired) electrons. The average Bonchev–Trinajstić information content (AvgIpc) is 2.35. The maximum absolute atomic E-state index is 10.1. The topological polar surface area (TPSA) is 101 Å². The Labute approximate surface area is 75.2 Å². The molecule has 72 valence electrons. The number of rotatable bonds is 1. The predicted molar refractivity (Wildman–Crippen MR) is 45.5 cm³/mol. The molecule has 1 rings (SSSR count). The number of nitrogens with one attached hydrogen (secondary N) is 2. The Balaban J connectivity index is 0.000000226. The lowest BCUT2D eigenvalue weighted by Gasteiger charge is -1.81. The maximum atomic E-state index is 10.1. The van der Waals surface area contributed by atoms with Crippen molar-refractivity contribution >= 4 is 17.8 Å². The molecular weight excluding hydrogens is 174 g/mol. The van der Waals surface area contributed by atoms with Crippen LogP contribution in [0.1, 0.15) is 6.92 Å². The van der Waals surface area contributed by atoms with E-state index in [-0.39, 0.29) is 12.5 Å². The summed E-state index contributed by atoms with van der Waals surface area (Å²) < 4.78 is 0. The number of urea groups is 1. The van der Waals surface area contributed by atoms with Gasteiger partial charge in [-0.2, -0.15) is 0 Å². The molecule has 1 saturated heterocycles. The predicted octanol–water partition coefficient (Wildman–Crippen LogP) is -1.13. The number of nitrogens with two attached hydrogens (primary N) is 1. The van der Waals surface area contributed by atoms with E-state index in [0.717, 1.165) is 0 Å². The molecule has 4 N–H and O–H groups in total. The minimum Gasteiger partial charge on any atom is -0.366 e. The third kappa shape index (κ3) is 5.42. The summed E-state index contributed by atoms with van der Waals surface area (Å²) >= 11 is 0. The molecule has 13 heavy (non-hydrogen) atoms. The van der Waals surface area contributed by atoms with E-state index in [1.165, 1.54) is 0 Å². The molecule has 4 amide bonds. The molecule has 1 aliphatic heterocycles. The monoisotopic (exact) mass is 185 g/mol. The Kier molecular flexibility index (Phi) is 4.21. The molecule has 6 heteroatoms. The van der Waals surface area contributed by atoms with Crippen LogP contribution >= 0.6 is 0 Å². The van der Waals surface area contributed by atoms with Crippen molar-refractivity contribution < 1.29 is 14.4 Å². The molecule has 0 atom stereocenters. The van der Waals surface area contributed by atoms with Crippen molar-refractivity contribution in [2.75, 3.05) is 6.54 Å². The number of primary amides is 1. The SMILES string of the molecule is C=C(C)C(N)=O.O=C1CNC(=O)N1. The fraction of sp³-hybridized carbons (Fsp3) is 0.286. The normalized spacial score (nSPS) is 13.6. The largest absolute Gasteiger partial charge is 0.366 e. The van der Waals surface area contributed by atoms with Crippen molar-refractivity contribution in [3.8, 4) is 0 Å². The lowest BCUT2D eigenvalue weighted by Crippen LogP contribution is -2.22. The van der Waals surface area contributed by atoms with Gasteiger partial charge in [0, 0.05) is 5.57 Å². The van der Waals surface area contributed by atoms with Gasteiger partial charge in [0.2, 0.25) is 11.8 Å².